The van der Waals surface area contributed by atoms with Crippen molar-refractivity contribution in [2.75, 3.05) is 13.1 Å². The van der Waals surface area contributed by atoms with Crippen LogP contribution in [0.5, 0.6) is 0 Å². The molecule has 0 aromatic heterocycles. The SMILES string of the molecule is CC(C)C[C@H](NC(=O)N1CCCN1C(=O)[C@@H](C)Cc1ccccc1)C(=O)O. The van der Waals surface area contributed by atoms with E-state index >= 15 is 0 Å². The van der Waals surface area contributed by atoms with E-state index in [0.29, 0.717) is 32.4 Å². The molecule has 1 aliphatic heterocycles. The molecule has 7 nitrogen and oxygen atoms in total. The first-order valence-electron chi connectivity index (χ1n) is 9.45. The number of urea groups is 1. The highest BCUT2D eigenvalue weighted by atomic mass is 16.4. The lowest BCUT2D eigenvalue weighted by molar-refractivity contribution is -0.144. The van der Waals surface area contributed by atoms with Crippen LogP contribution in [0.4, 0.5) is 4.79 Å². The van der Waals surface area contributed by atoms with Gasteiger partial charge >= 0.3 is 12.0 Å². The summed E-state index contributed by atoms with van der Waals surface area (Å²) in [6.07, 6.45) is 1.61. The molecule has 0 saturated carbocycles. The van der Waals surface area contributed by atoms with E-state index in [4.69, 9.17) is 0 Å². The number of nitrogens with zero attached hydrogens (tertiary/aromatic N) is 2. The third-order valence-electron chi connectivity index (χ3n) is 4.63. The molecular weight excluding hydrogens is 346 g/mol. The number of benzene rings is 1. The van der Waals surface area contributed by atoms with Crippen LogP contribution >= 0.6 is 0 Å². The summed E-state index contributed by atoms with van der Waals surface area (Å²) in [4.78, 5) is 36.8. The summed E-state index contributed by atoms with van der Waals surface area (Å²) in [6.45, 7) is 6.53. The second-order valence-electron chi connectivity index (χ2n) is 7.50. The quantitative estimate of drug-likeness (QED) is 0.766. The number of carboxylic acid groups (broad SMARTS) is 1. The molecule has 1 fully saturated rings. The van der Waals surface area contributed by atoms with Crippen LogP contribution in [0.3, 0.4) is 0 Å². The molecule has 0 unspecified atom stereocenters. The van der Waals surface area contributed by atoms with Crippen molar-refractivity contribution in [3.63, 3.8) is 0 Å². The minimum atomic E-state index is -1.06. The van der Waals surface area contributed by atoms with Crippen molar-refractivity contribution in [2.24, 2.45) is 11.8 Å². The van der Waals surface area contributed by atoms with Gasteiger partial charge in [0.1, 0.15) is 6.04 Å². The number of aliphatic carboxylic acids is 1. The van der Waals surface area contributed by atoms with Crippen molar-refractivity contribution in [1.82, 2.24) is 15.3 Å². The number of carbonyl (C=O) groups excluding carboxylic acids is 2. The maximum Gasteiger partial charge on any atom is 0.337 e. The van der Waals surface area contributed by atoms with Gasteiger partial charge in [-0.3, -0.25) is 4.79 Å². The average Bonchev–Trinajstić information content (AvgIpc) is 3.10. The maximum atomic E-state index is 12.8. The molecule has 1 aromatic rings. The van der Waals surface area contributed by atoms with Gasteiger partial charge in [-0.1, -0.05) is 51.1 Å². The first-order valence-corrected chi connectivity index (χ1v) is 9.45. The fraction of sp³-hybridized carbons (Fsp3) is 0.550. The van der Waals surface area contributed by atoms with Crippen molar-refractivity contribution in [1.29, 1.82) is 0 Å². The van der Waals surface area contributed by atoms with Crippen LogP contribution in [0.1, 0.15) is 39.2 Å². The Morgan fingerprint density at radius 3 is 2.30 bits per heavy atom. The minimum absolute atomic E-state index is 0.123. The Kier molecular flexibility index (Phi) is 7.21. The second kappa shape index (κ2) is 9.39. The highest BCUT2D eigenvalue weighted by molar-refractivity contribution is 5.86. The Morgan fingerprint density at radius 2 is 1.70 bits per heavy atom. The zero-order chi connectivity index (χ0) is 20.0. The van der Waals surface area contributed by atoms with Gasteiger partial charge in [-0.2, -0.15) is 0 Å². The van der Waals surface area contributed by atoms with E-state index in [9.17, 15) is 19.5 Å². The van der Waals surface area contributed by atoms with Crippen LogP contribution in [0.25, 0.3) is 0 Å². The zero-order valence-electron chi connectivity index (χ0n) is 16.2. The van der Waals surface area contributed by atoms with Crippen LogP contribution in [0.15, 0.2) is 30.3 Å². The topological polar surface area (TPSA) is 90.0 Å². The molecular formula is C20H29N3O4. The predicted molar refractivity (Wildman–Crippen MR) is 102 cm³/mol. The number of hydrogen-bond acceptors (Lipinski definition) is 3. The van der Waals surface area contributed by atoms with Crippen molar-refractivity contribution in [2.45, 2.75) is 46.1 Å². The Morgan fingerprint density at radius 1 is 1.07 bits per heavy atom. The van der Waals surface area contributed by atoms with E-state index in [-0.39, 0.29) is 17.7 Å². The van der Waals surface area contributed by atoms with E-state index < -0.39 is 18.0 Å². The number of amides is 3. The molecule has 0 bridgehead atoms. The molecule has 1 heterocycles. The maximum absolute atomic E-state index is 12.8. The number of carboxylic acids is 1. The second-order valence-corrected chi connectivity index (χ2v) is 7.50. The summed E-state index contributed by atoms with van der Waals surface area (Å²) in [5, 5.41) is 14.7. The summed E-state index contributed by atoms with van der Waals surface area (Å²) in [6, 6.07) is 8.26. The summed E-state index contributed by atoms with van der Waals surface area (Å²) in [5.41, 5.74) is 1.07. The summed E-state index contributed by atoms with van der Waals surface area (Å²) in [5.74, 6) is -1.32. The standard InChI is InChI=1S/C20H29N3O4/c1-14(2)12-17(19(25)26)21-20(27)23-11-7-10-22(23)18(24)15(3)13-16-8-5-4-6-9-16/h4-6,8-9,14-15,17H,7,10-13H2,1-3H3,(H,21,27)(H,25,26)/t15-,17-/m0/s1. The van der Waals surface area contributed by atoms with Crippen molar-refractivity contribution < 1.29 is 19.5 Å². The fourth-order valence-corrected chi connectivity index (χ4v) is 3.28. The van der Waals surface area contributed by atoms with Crippen molar-refractivity contribution >= 4 is 17.9 Å². The van der Waals surface area contributed by atoms with Crippen LogP contribution in [-0.4, -0.2) is 52.2 Å². The van der Waals surface area contributed by atoms with Gasteiger partial charge in [-0.15, -0.1) is 0 Å². The van der Waals surface area contributed by atoms with Crippen molar-refractivity contribution in [3.05, 3.63) is 35.9 Å². The van der Waals surface area contributed by atoms with Crippen molar-refractivity contribution in [3.8, 4) is 0 Å². The molecule has 2 N–H and O–H groups in total. The average molecular weight is 375 g/mol. The summed E-state index contributed by atoms with van der Waals surface area (Å²) < 4.78 is 0. The molecule has 3 amide bonds. The van der Waals surface area contributed by atoms with Gasteiger partial charge in [0, 0.05) is 19.0 Å². The Hall–Kier alpha value is -2.57. The molecule has 148 valence electrons. The largest absolute Gasteiger partial charge is 0.480 e. The lowest BCUT2D eigenvalue weighted by Crippen LogP contribution is -2.54. The monoisotopic (exact) mass is 375 g/mol. The Balaban J connectivity index is 2.01. The highest BCUT2D eigenvalue weighted by Gasteiger charge is 2.34. The summed E-state index contributed by atoms with van der Waals surface area (Å²) in [7, 11) is 0. The molecule has 1 aromatic carbocycles. The van der Waals surface area contributed by atoms with Gasteiger partial charge < -0.3 is 10.4 Å². The zero-order valence-corrected chi connectivity index (χ0v) is 16.2. The van der Waals surface area contributed by atoms with Gasteiger partial charge in [0.05, 0.1) is 0 Å². The molecule has 0 spiro atoms. The van der Waals surface area contributed by atoms with Crippen LogP contribution < -0.4 is 5.32 Å². The molecule has 2 rings (SSSR count). The molecule has 27 heavy (non-hydrogen) atoms. The first-order chi connectivity index (χ1) is 12.8. The van der Waals surface area contributed by atoms with E-state index in [2.05, 4.69) is 5.32 Å². The predicted octanol–water partition coefficient (Wildman–Crippen LogP) is 2.52. The van der Waals surface area contributed by atoms with Crippen LogP contribution in [0, 0.1) is 11.8 Å². The van der Waals surface area contributed by atoms with Crippen LogP contribution in [-0.2, 0) is 16.0 Å². The normalized spacial score (nSPS) is 16.3. The van der Waals surface area contributed by atoms with Crippen LogP contribution in [0.2, 0.25) is 0 Å². The third kappa shape index (κ3) is 5.70. The van der Waals surface area contributed by atoms with Gasteiger partial charge in [0.25, 0.3) is 0 Å². The number of rotatable bonds is 7. The lowest BCUT2D eigenvalue weighted by Gasteiger charge is -2.31. The fourth-order valence-electron chi connectivity index (χ4n) is 3.28. The molecule has 0 aliphatic carbocycles. The van der Waals surface area contributed by atoms with Gasteiger partial charge in [0.15, 0.2) is 0 Å². The van der Waals surface area contributed by atoms with Gasteiger partial charge in [-0.05, 0) is 30.7 Å². The van der Waals surface area contributed by atoms with E-state index in [0.717, 1.165) is 5.56 Å². The van der Waals surface area contributed by atoms with E-state index in [1.54, 1.807) is 0 Å². The highest BCUT2D eigenvalue weighted by Crippen LogP contribution is 2.18. The molecule has 1 aliphatic rings. The van der Waals surface area contributed by atoms with E-state index in [1.165, 1.54) is 10.0 Å². The lowest BCUT2D eigenvalue weighted by atomic mass is 10.0. The Bertz CT molecular complexity index is 662. The van der Waals surface area contributed by atoms with Gasteiger partial charge in [-0.25, -0.2) is 19.6 Å². The minimum Gasteiger partial charge on any atom is -0.480 e. The first kappa shape index (κ1) is 20.7. The number of nitrogens with one attached hydrogen (secondary N) is 1. The van der Waals surface area contributed by atoms with E-state index in [1.807, 2.05) is 51.1 Å². The molecule has 2 atom stereocenters. The summed E-state index contributed by atoms with van der Waals surface area (Å²) >= 11 is 0. The molecule has 0 radical (unpaired) electrons. The smallest absolute Gasteiger partial charge is 0.337 e. The number of hydrogen-bond donors (Lipinski definition) is 2. The number of carbonyl (C=O) groups is 3. The third-order valence-corrected chi connectivity index (χ3v) is 4.63. The Labute approximate surface area is 160 Å². The number of hydrazine groups is 1. The molecule has 1 saturated heterocycles. The molecule has 7 heteroatoms. The van der Waals surface area contributed by atoms with Gasteiger partial charge in [0.2, 0.25) is 5.91 Å².